The molecular weight excluding hydrogens is 390 g/mol. The molecule has 0 unspecified atom stereocenters. The summed E-state index contributed by atoms with van der Waals surface area (Å²) >= 11 is 6.10. The molecule has 1 saturated heterocycles. The predicted molar refractivity (Wildman–Crippen MR) is 91.6 cm³/mol. The number of nitrogens with two attached hydrogens (primary N) is 1. The first-order valence-electron chi connectivity index (χ1n) is 6.93. The average molecular weight is 408 g/mol. The second-order valence-corrected chi connectivity index (χ2v) is 7.74. The number of carbonyl (C=O) groups is 2. The van der Waals surface area contributed by atoms with Crippen molar-refractivity contribution in [3.05, 3.63) is 0 Å². The minimum Gasteiger partial charge on any atom is -0.369 e. The molecule has 7 nitrogen and oxygen atoms in total. The molecule has 1 aromatic rings. The zero-order valence-corrected chi connectivity index (χ0v) is 15.3. The summed E-state index contributed by atoms with van der Waals surface area (Å²) < 4.78 is 0.740. The number of rotatable bonds is 7. The fraction of sp³-hybridized carbons (Fsp3) is 0.667. The van der Waals surface area contributed by atoms with Crippen LogP contribution < -0.4 is 10.6 Å². The molecule has 2 N–H and O–H groups in total. The Balaban J connectivity index is 1.81. The predicted octanol–water partition coefficient (Wildman–Crippen LogP) is 0.939. The van der Waals surface area contributed by atoms with Crippen molar-refractivity contribution in [1.82, 2.24) is 15.1 Å². The van der Waals surface area contributed by atoms with Crippen LogP contribution in [0.25, 0.3) is 0 Å². The fourth-order valence-electron chi connectivity index (χ4n) is 2.04. The van der Waals surface area contributed by atoms with E-state index >= 15 is 0 Å². The van der Waals surface area contributed by atoms with Crippen LogP contribution in [0.15, 0.2) is 4.34 Å². The third-order valence-corrected chi connectivity index (χ3v) is 5.86. The normalized spacial score (nSPS) is 15.1. The Labute approximate surface area is 145 Å². The van der Waals surface area contributed by atoms with Gasteiger partial charge in [-0.3, -0.25) is 9.59 Å². The van der Waals surface area contributed by atoms with Crippen LogP contribution in [-0.4, -0.2) is 64.2 Å². The van der Waals surface area contributed by atoms with E-state index in [2.05, 4.69) is 31.0 Å². The Kier molecular flexibility index (Phi) is 6.90. The Hall–Kier alpha value is -0.870. The first-order valence-corrected chi connectivity index (χ1v) is 9.86. The molecular formula is C12H18BrN5O2S2. The van der Waals surface area contributed by atoms with Crippen molar-refractivity contribution in [2.24, 2.45) is 5.73 Å². The maximum Gasteiger partial charge on any atom is 0.227 e. The van der Waals surface area contributed by atoms with Gasteiger partial charge in [0.05, 0.1) is 5.75 Å². The van der Waals surface area contributed by atoms with E-state index in [0.29, 0.717) is 19.5 Å². The number of hydrogen-bond acceptors (Lipinski definition) is 7. The number of alkyl halides is 1. The molecule has 0 aliphatic carbocycles. The van der Waals surface area contributed by atoms with Gasteiger partial charge in [-0.15, -0.1) is 10.2 Å². The number of nitrogens with zero attached hydrogens (tertiary/aromatic N) is 4. The molecule has 0 bridgehead atoms. The molecule has 0 spiro atoms. The number of hydrogen-bond donors (Lipinski definition) is 1. The highest BCUT2D eigenvalue weighted by Crippen LogP contribution is 2.28. The molecule has 0 radical (unpaired) electrons. The van der Waals surface area contributed by atoms with Gasteiger partial charge in [0.25, 0.3) is 0 Å². The first-order chi connectivity index (χ1) is 10.6. The van der Waals surface area contributed by atoms with Crippen molar-refractivity contribution in [3.63, 3.8) is 0 Å². The molecule has 0 aromatic carbocycles. The zero-order chi connectivity index (χ0) is 15.9. The summed E-state index contributed by atoms with van der Waals surface area (Å²) in [5.41, 5.74) is 5.11. The van der Waals surface area contributed by atoms with Crippen molar-refractivity contribution in [2.75, 3.05) is 42.2 Å². The van der Waals surface area contributed by atoms with Gasteiger partial charge < -0.3 is 15.5 Å². The molecule has 2 amide bonds. The molecule has 1 fully saturated rings. The molecule has 2 heterocycles. The fourth-order valence-corrected chi connectivity index (χ4v) is 3.96. The summed E-state index contributed by atoms with van der Waals surface area (Å²) in [6.45, 7) is 2.94. The van der Waals surface area contributed by atoms with Gasteiger partial charge in [-0.2, -0.15) is 0 Å². The highest BCUT2D eigenvalue weighted by Gasteiger charge is 2.23. The van der Waals surface area contributed by atoms with Crippen molar-refractivity contribution in [1.29, 1.82) is 0 Å². The maximum absolute atomic E-state index is 12.0. The Bertz CT molecular complexity index is 519. The van der Waals surface area contributed by atoms with Gasteiger partial charge in [0.15, 0.2) is 4.34 Å². The van der Waals surface area contributed by atoms with E-state index in [9.17, 15) is 9.59 Å². The number of carbonyl (C=O) groups excluding carboxylic acids is 2. The van der Waals surface area contributed by atoms with E-state index in [-0.39, 0.29) is 17.6 Å². The van der Waals surface area contributed by atoms with Crippen LogP contribution in [0.1, 0.15) is 12.8 Å². The monoisotopic (exact) mass is 407 g/mol. The minimum atomic E-state index is -0.364. The van der Waals surface area contributed by atoms with E-state index in [0.717, 1.165) is 34.3 Å². The van der Waals surface area contributed by atoms with Crippen LogP contribution in [0.2, 0.25) is 0 Å². The van der Waals surface area contributed by atoms with Crippen LogP contribution in [0.5, 0.6) is 0 Å². The molecule has 0 atom stereocenters. The minimum absolute atomic E-state index is 0.213. The van der Waals surface area contributed by atoms with Crippen LogP contribution in [0.3, 0.4) is 0 Å². The number of aromatic nitrogens is 2. The topological polar surface area (TPSA) is 92.4 Å². The quantitative estimate of drug-likeness (QED) is 0.533. The standard InChI is InChI=1S/C12H18BrN5O2S2/c13-3-1-2-10(20)17-4-6-18(7-5-17)11-15-16-12(22-11)21-8-9(14)19/h1-8H2,(H2,14,19). The summed E-state index contributed by atoms with van der Waals surface area (Å²) in [4.78, 5) is 26.8. The van der Waals surface area contributed by atoms with Crippen molar-refractivity contribution in [3.8, 4) is 0 Å². The van der Waals surface area contributed by atoms with E-state index in [4.69, 9.17) is 5.73 Å². The second-order valence-electron chi connectivity index (χ2n) is 4.77. The SMILES string of the molecule is NC(=O)CSc1nnc(N2CCN(C(=O)CCCBr)CC2)s1. The van der Waals surface area contributed by atoms with Gasteiger partial charge in [0.1, 0.15) is 0 Å². The third-order valence-electron chi connectivity index (χ3n) is 3.16. The number of anilines is 1. The Morgan fingerprint density at radius 1 is 1.27 bits per heavy atom. The Morgan fingerprint density at radius 3 is 2.64 bits per heavy atom. The summed E-state index contributed by atoms with van der Waals surface area (Å²) in [6.07, 6.45) is 1.47. The number of primary amides is 1. The molecule has 1 aromatic heterocycles. The molecule has 22 heavy (non-hydrogen) atoms. The van der Waals surface area contributed by atoms with Crippen molar-refractivity contribution >= 4 is 56.0 Å². The smallest absolute Gasteiger partial charge is 0.227 e. The lowest BCUT2D eigenvalue weighted by atomic mass is 10.2. The number of thioether (sulfide) groups is 1. The summed E-state index contributed by atoms with van der Waals surface area (Å²) in [6, 6.07) is 0. The summed E-state index contributed by atoms with van der Waals surface area (Å²) in [5, 5.41) is 9.89. The highest BCUT2D eigenvalue weighted by atomic mass is 79.9. The lowest BCUT2D eigenvalue weighted by Crippen LogP contribution is -2.48. The van der Waals surface area contributed by atoms with E-state index in [1.54, 1.807) is 0 Å². The number of amides is 2. The van der Waals surface area contributed by atoms with Crippen LogP contribution in [-0.2, 0) is 9.59 Å². The van der Waals surface area contributed by atoms with E-state index < -0.39 is 0 Å². The molecule has 1 aliphatic rings. The van der Waals surface area contributed by atoms with Gasteiger partial charge in [0, 0.05) is 37.9 Å². The van der Waals surface area contributed by atoms with E-state index in [1.807, 2.05) is 4.90 Å². The van der Waals surface area contributed by atoms with Crippen molar-refractivity contribution in [2.45, 2.75) is 17.2 Å². The summed E-state index contributed by atoms with van der Waals surface area (Å²) in [7, 11) is 0. The number of piperazine rings is 1. The van der Waals surface area contributed by atoms with Crippen LogP contribution in [0.4, 0.5) is 5.13 Å². The third kappa shape index (κ3) is 5.10. The van der Waals surface area contributed by atoms with Crippen LogP contribution >= 0.6 is 39.0 Å². The zero-order valence-electron chi connectivity index (χ0n) is 12.0. The van der Waals surface area contributed by atoms with Gasteiger partial charge in [0.2, 0.25) is 16.9 Å². The van der Waals surface area contributed by atoms with Gasteiger partial charge in [-0.1, -0.05) is 39.0 Å². The molecule has 1 aliphatic heterocycles. The highest BCUT2D eigenvalue weighted by molar-refractivity contribution is 9.09. The molecule has 122 valence electrons. The first kappa shape index (κ1) is 17.5. The summed E-state index contributed by atoms with van der Waals surface area (Å²) in [5.74, 6) is 0.0660. The van der Waals surface area contributed by atoms with Crippen LogP contribution in [0, 0.1) is 0 Å². The second kappa shape index (κ2) is 8.68. The van der Waals surface area contributed by atoms with Crippen molar-refractivity contribution < 1.29 is 9.59 Å². The lowest BCUT2D eigenvalue weighted by Gasteiger charge is -2.34. The van der Waals surface area contributed by atoms with Gasteiger partial charge in [-0.25, -0.2) is 0 Å². The largest absolute Gasteiger partial charge is 0.369 e. The molecule has 10 heteroatoms. The van der Waals surface area contributed by atoms with E-state index in [1.165, 1.54) is 23.1 Å². The molecule has 0 saturated carbocycles. The molecule has 2 rings (SSSR count). The van der Waals surface area contributed by atoms with Gasteiger partial charge in [-0.05, 0) is 6.42 Å². The van der Waals surface area contributed by atoms with Gasteiger partial charge >= 0.3 is 0 Å². The maximum atomic E-state index is 12.0. The number of halogens is 1. The lowest BCUT2D eigenvalue weighted by molar-refractivity contribution is -0.131. The Morgan fingerprint density at radius 2 is 2.00 bits per heavy atom. The average Bonchev–Trinajstić information content (AvgIpc) is 2.99.